The van der Waals surface area contributed by atoms with E-state index in [-0.39, 0.29) is 0 Å². The largest absolute Gasteiger partial charge is 0.348 e. The van der Waals surface area contributed by atoms with Crippen molar-refractivity contribution in [1.29, 1.82) is 0 Å². The van der Waals surface area contributed by atoms with Crippen LogP contribution in [0.4, 0.5) is 0 Å². The van der Waals surface area contributed by atoms with Crippen LogP contribution in [0.1, 0.15) is 22.5 Å². The third-order valence-electron chi connectivity index (χ3n) is 2.79. The number of H-pyrrole nitrogens is 1. The zero-order valence-electron chi connectivity index (χ0n) is 9.75. The van der Waals surface area contributed by atoms with Gasteiger partial charge in [-0.25, -0.2) is 4.98 Å². The molecule has 0 amide bonds. The van der Waals surface area contributed by atoms with Crippen LogP contribution in [-0.4, -0.2) is 9.97 Å². The summed E-state index contributed by atoms with van der Waals surface area (Å²) in [5, 5.41) is 3.39. The van der Waals surface area contributed by atoms with Gasteiger partial charge in [-0.15, -0.1) is 0 Å². The van der Waals surface area contributed by atoms with E-state index in [0.717, 1.165) is 18.9 Å². The van der Waals surface area contributed by atoms with Gasteiger partial charge in [0.1, 0.15) is 5.82 Å². The summed E-state index contributed by atoms with van der Waals surface area (Å²) in [6.45, 7) is 5.97. The van der Waals surface area contributed by atoms with Gasteiger partial charge in [0.2, 0.25) is 0 Å². The molecule has 0 aliphatic rings. The quantitative estimate of drug-likeness (QED) is 0.821. The van der Waals surface area contributed by atoms with E-state index in [2.05, 4.69) is 47.3 Å². The van der Waals surface area contributed by atoms with Crippen LogP contribution >= 0.6 is 0 Å². The average Bonchev–Trinajstić information content (AvgIpc) is 2.75. The number of aromatic amines is 1. The van der Waals surface area contributed by atoms with Crippen molar-refractivity contribution in [3.05, 3.63) is 53.1 Å². The molecule has 0 saturated carbocycles. The SMILES string of the molecule is Cc1cccc(C)c1CNCc1ncc[nH]1. The Labute approximate surface area is 95.9 Å². The van der Waals surface area contributed by atoms with Crippen molar-refractivity contribution in [2.75, 3.05) is 0 Å². The molecule has 84 valence electrons. The lowest BCUT2D eigenvalue weighted by Gasteiger charge is -2.10. The lowest BCUT2D eigenvalue weighted by molar-refractivity contribution is 0.664. The Kier molecular flexibility index (Phi) is 3.37. The molecular weight excluding hydrogens is 198 g/mol. The molecule has 1 heterocycles. The number of hydrogen-bond donors (Lipinski definition) is 2. The molecule has 0 aliphatic heterocycles. The molecule has 3 heteroatoms. The van der Waals surface area contributed by atoms with Gasteiger partial charge in [-0.2, -0.15) is 0 Å². The number of nitrogens with zero attached hydrogens (tertiary/aromatic N) is 1. The average molecular weight is 215 g/mol. The van der Waals surface area contributed by atoms with Crippen LogP contribution in [0.2, 0.25) is 0 Å². The van der Waals surface area contributed by atoms with Crippen molar-refractivity contribution in [3.63, 3.8) is 0 Å². The van der Waals surface area contributed by atoms with Crippen LogP contribution in [0.3, 0.4) is 0 Å². The number of aryl methyl sites for hydroxylation is 2. The van der Waals surface area contributed by atoms with E-state index in [1.807, 2.05) is 6.20 Å². The zero-order valence-corrected chi connectivity index (χ0v) is 9.75. The summed E-state index contributed by atoms with van der Waals surface area (Å²) in [5.74, 6) is 0.978. The van der Waals surface area contributed by atoms with Gasteiger partial charge in [0.25, 0.3) is 0 Å². The van der Waals surface area contributed by atoms with Crippen LogP contribution in [0.25, 0.3) is 0 Å². The smallest absolute Gasteiger partial charge is 0.120 e. The van der Waals surface area contributed by atoms with E-state index in [4.69, 9.17) is 0 Å². The molecule has 0 aliphatic carbocycles. The second-order valence-corrected chi connectivity index (χ2v) is 4.01. The minimum atomic E-state index is 0.779. The van der Waals surface area contributed by atoms with Gasteiger partial charge in [0.15, 0.2) is 0 Å². The summed E-state index contributed by atoms with van der Waals surface area (Å²) >= 11 is 0. The Morgan fingerprint density at radius 2 is 1.94 bits per heavy atom. The van der Waals surface area contributed by atoms with E-state index >= 15 is 0 Å². The number of hydrogen-bond acceptors (Lipinski definition) is 2. The van der Waals surface area contributed by atoms with Gasteiger partial charge in [-0.3, -0.25) is 0 Å². The molecular formula is C13H17N3. The van der Waals surface area contributed by atoms with Gasteiger partial charge < -0.3 is 10.3 Å². The van der Waals surface area contributed by atoms with Crippen molar-refractivity contribution in [2.45, 2.75) is 26.9 Å². The highest BCUT2D eigenvalue weighted by molar-refractivity contribution is 5.33. The van der Waals surface area contributed by atoms with Crippen molar-refractivity contribution in [1.82, 2.24) is 15.3 Å². The van der Waals surface area contributed by atoms with Crippen LogP contribution in [0.5, 0.6) is 0 Å². The minimum absolute atomic E-state index is 0.779. The lowest BCUT2D eigenvalue weighted by Crippen LogP contribution is -2.15. The van der Waals surface area contributed by atoms with Crippen LogP contribution in [0, 0.1) is 13.8 Å². The second kappa shape index (κ2) is 4.94. The number of nitrogens with one attached hydrogen (secondary N) is 2. The monoisotopic (exact) mass is 215 g/mol. The molecule has 0 saturated heterocycles. The van der Waals surface area contributed by atoms with Gasteiger partial charge in [0, 0.05) is 18.9 Å². The Morgan fingerprint density at radius 1 is 1.19 bits per heavy atom. The Hall–Kier alpha value is -1.61. The third kappa shape index (κ3) is 2.49. The van der Waals surface area contributed by atoms with Crippen LogP contribution in [-0.2, 0) is 13.1 Å². The summed E-state index contributed by atoms with van der Waals surface area (Å²) in [6.07, 6.45) is 3.62. The number of benzene rings is 1. The Morgan fingerprint density at radius 3 is 2.56 bits per heavy atom. The second-order valence-electron chi connectivity index (χ2n) is 4.01. The van der Waals surface area contributed by atoms with Gasteiger partial charge in [0.05, 0.1) is 6.54 Å². The van der Waals surface area contributed by atoms with E-state index in [1.54, 1.807) is 6.20 Å². The van der Waals surface area contributed by atoms with E-state index in [1.165, 1.54) is 16.7 Å². The lowest BCUT2D eigenvalue weighted by atomic mass is 10.0. The molecule has 2 rings (SSSR count). The predicted molar refractivity (Wildman–Crippen MR) is 65.0 cm³/mol. The maximum absolute atomic E-state index is 4.17. The molecule has 0 radical (unpaired) electrons. The molecule has 0 spiro atoms. The zero-order chi connectivity index (χ0) is 11.4. The normalized spacial score (nSPS) is 10.6. The molecule has 1 aromatic carbocycles. The van der Waals surface area contributed by atoms with Crippen molar-refractivity contribution in [2.24, 2.45) is 0 Å². The number of imidazole rings is 1. The van der Waals surface area contributed by atoms with E-state index in [0.29, 0.717) is 0 Å². The number of aromatic nitrogens is 2. The van der Waals surface area contributed by atoms with E-state index in [9.17, 15) is 0 Å². The standard InChI is InChI=1S/C13H17N3/c1-10-4-3-5-11(2)12(10)8-14-9-13-15-6-7-16-13/h3-7,14H,8-9H2,1-2H3,(H,15,16). The van der Waals surface area contributed by atoms with Gasteiger partial charge in [-0.05, 0) is 30.5 Å². The fourth-order valence-electron chi connectivity index (χ4n) is 1.83. The first-order valence-corrected chi connectivity index (χ1v) is 5.51. The summed E-state index contributed by atoms with van der Waals surface area (Å²) in [4.78, 5) is 7.25. The molecule has 0 atom stereocenters. The first-order valence-electron chi connectivity index (χ1n) is 5.51. The molecule has 16 heavy (non-hydrogen) atoms. The molecule has 0 fully saturated rings. The fraction of sp³-hybridized carbons (Fsp3) is 0.308. The van der Waals surface area contributed by atoms with Crippen molar-refractivity contribution >= 4 is 0 Å². The fourth-order valence-corrected chi connectivity index (χ4v) is 1.83. The topological polar surface area (TPSA) is 40.7 Å². The maximum atomic E-state index is 4.17. The molecule has 3 nitrogen and oxygen atoms in total. The highest BCUT2D eigenvalue weighted by Gasteiger charge is 2.01. The maximum Gasteiger partial charge on any atom is 0.120 e. The van der Waals surface area contributed by atoms with Gasteiger partial charge >= 0.3 is 0 Å². The Bertz CT molecular complexity index is 426. The first kappa shape index (κ1) is 10.9. The summed E-state index contributed by atoms with van der Waals surface area (Å²) in [5.41, 5.74) is 4.06. The van der Waals surface area contributed by atoms with Crippen LogP contribution in [0.15, 0.2) is 30.6 Å². The van der Waals surface area contributed by atoms with Crippen molar-refractivity contribution < 1.29 is 0 Å². The highest BCUT2D eigenvalue weighted by Crippen LogP contribution is 2.12. The van der Waals surface area contributed by atoms with Crippen molar-refractivity contribution in [3.8, 4) is 0 Å². The highest BCUT2D eigenvalue weighted by atomic mass is 15.0. The molecule has 0 unspecified atom stereocenters. The Balaban J connectivity index is 1.95. The molecule has 0 bridgehead atoms. The molecule has 1 aromatic heterocycles. The number of rotatable bonds is 4. The van der Waals surface area contributed by atoms with Crippen LogP contribution < -0.4 is 5.32 Å². The molecule has 2 aromatic rings. The summed E-state index contributed by atoms with van der Waals surface area (Å²) in [6, 6.07) is 6.40. The minimum Gasteiger partial charge on any atom is -0.348 e. The third-order valence-corrected chi connectivity index (χ3v) is 2.79. The first-order chi connectivity index (χ1) is 7.77. The summed E-state index contributed by atoms with van der Waals surface area (Å²) in [7, 11) is 0. The summed E-state index contributed by atoms with van der Waals surface area (Å²) < 4.78 is 0. The molecule has 2 N–H and O–H groups in total. The van der Waals surface area contributed by atoms with E-state index < -0.39 is 0 Å². The van der Waals surface area contributed by atoms with Gasteiger partial charge in [-0.1, -0.05) is 18.2 Å². The predicted octanol–water partition coefficient (Wildman–Crippen LogP) is 2.32.